The van der Waals surface area contributed by atoms with Crippen molar-refractivity contribution in [3.63, 3.8) is 0 Å². The summed E-state index contributed by atoms with van der Waals surface area (Å²) in [6.07, 6.45) is 2.19. The Hall–Kier alpha value is -1.86. The smallest absolute Gasteiger partial charge is 0.191 e. The van der Waals surface area contributed by atoms with Gasteiger partial charge in [0.15, 0.2) is 12.8 Å². The number of fused-ring (bicyclic) bond motifs is 1. The van der Waals surface area contributed by atoms with E-state index in [0.29, 0.717) is 31.0 Å². The summed E-state index contributed by atoms with van der Waals surface area (Å²) in [5.74, 6) is 1.19. The minimum Gasteiger partial charge on any atom is -0.467 e. The van der Waals surface area contributed by atoms with Crippen molar-refractivity contribution in [2.45, 2.75) is 58.8 Å². The van der Waals surface area contributed by atoms with E-state index in [9.17, 15) is 4.39 Å². The molecule has 27 heavy (non-hydrogen) atoms. The van der Waals surface area contributed by atoms with E-state index in [1.165, 1.54) is 12.1 Å². The second-order valence-electron chi connectivity index (χ2n) is 7.41. The van der Waals surface area contributed by atoms with Gasteiger partial charge >= 0.3 is 0 Å². The Balaban J connectivity index is 1.65. The zero-order chi connectivity index (χ0) is 19.2. The number of nitrogens with one attached hydrogen (secondary N) is 2. The minimum atomic E-state index is -0.285. The third kappa shape index (κ3) is 5.32. The number of ether oxygens (including phenoxy) is 2. The molecule has 2 aliphatic rings. The molecule has 0 atom stereocenters. The van der Waals surface area contributed by atoms with Gasteiger partial charge in [0, 0.05) is 42.8 Å². The fourth-order valence-corrected chi connectivity index (χ4v) is 3.61. The monoisotopic (exact) mass is 378 g/mol. The molecule has 0 amide bonds. The number of piperidine rings is 1. The molecule has 0 unspecified atom stereocenters. The van der Waals surface area contributed by atoms with Crippen molar-refractivity contribution in [3.05, 3.63) is 29.1 Å². The molecule has 150 valence electrons. The number of benzene rings is 1. The van der Waals surface area contributed by atoms with E-state index in [0.717, 1.165) is 49.6 Å². The SMILES string of the molecule is CCNC(=NCc1cc(F)cc2c1OCOC2)NC1CCN(C(C)C)CC1. The van der Waals surface area contributed by atoms with Crippen LogP contribution in [0.1, 0.15) is 44.7 Å². The first-order valence-electron chi connectivity index (χ1n) is 9.87. The van der Waals surface area contributed by atoms with Gasteiger partial charge in [-0.3, -0.25) is 0 Å². The molecule has 0 spiro atoms. The van der Waals surface area contributed by atoms with Gasteiger partial charge in [0.25, 0.3) is 0 Å². The van der Waals surface area contributed by atoms with E-state index in [4.69, 9.17) is 9.47 Å². The molecule has 0 bridgehead atoms. The maximum absolute atomic E-state index is 13.9. The lowest BCUT2D eigenvalue weighted by atomic mass is 10.0. The van der Waals surface area contributed by atoms with Crippen LogP contribution in [0.3, 0.4) is 0 Å². The largest absolute Gasteiger partial charge is 0.467 e. The van der Waals surface area contributed by atoms with E-state index in [1.54, 1.807) is 0 Å². The summed E-state index contributed by atoms with van der Waals surface area (Å²) in [5.41, 5.74) is 1.49. The highest BCUT2D eigenvalue weighted by atomic mass is 19.1. The van der Waals surface area contributed by atoms with Crippen molar-refractivity contribution in [1.82, 2.24) is 15.5 Å². The third-order valence-electron chi connectivity index (χ3n) is 5.10. The molecule has 0 aliphatic carbocycles. The lowest BCUT2D eigenvalue weighted by molar-refractivity contribution is -0.0172. The molecule has 2 N–H and O–H groups in total. The van der Waals surface area contributed by atoms with Crippen LogP contribution in [0.4, 0.5) is 4.39 Å². The number of rotatable bonds is 5. The van der Waals surface area contributed by atoms with Gasteiger partial charge in [-0.05, 0) is 45.7 Å². The molecule has 0 saturated carbocycles. The molecular formula is C20H31FN4O2. The number of likely N-dealkylation sites (tertiary alicyclic amines) is 1. The molecule has 0 radical (unpaired) electrons. The van der Waals surface area contributed by atoms with Gasteiger partial charge in [-0.15, -0.1) is 0 Å². The average Bonchev–Trinajstić information content (AvgIpc) is 2.66. The molecule has 1 saturated heterocycles. The second-order valence-corrected chi connectivity index (χ2v) is 7.41. The van der Waals surface area contributed by atoms with E-state index in [-0.39, 0.29) is 12.6 Å². The number of guanidine groups is 1. The van der Waals surface area contributed by atoms with Crippen LogP contribution in [0.25, 0.3) is 0 Å². The van der Waals surface area contributed by atoms with Crippen LogP contribution >= 0.6 is 0 Å². The number of nitrogens with zero attached hydrogens (tertiary/aromatic N) is 2. The van der Waals surface area contributed by atoms with Crippen LogP contribution in [0, 0.1) is 5.82 Å². The quantitative estimate of drug-likeness (QED) is 0.609. The van der Waals surface area contributed by atoms with Gasteiger partial charge in [0.1, 0.15) is 11.6 Å². The highest BCUT2D eigenvalue weighted by molar-refractivity contribution is 5.80. The van der Waals surface area contributed by atoms with E-state index in [1.807, 2.05) is 6.92 Å². The number of hydrogen-bond acceptors (Lipinski definition) is 4. The number of hydrogen-bond donors (Lipinski definition) is 2. The van der Waals surface area contributed by atoms with Crippen molar-refractivity contribution in [2.75, 3.05) is 26.4 Å². The van der Waals surface area contributed by atoms with Gasteiger partial charge < -0.3 is 25.0 Å². The maximum Gasteiger partial charge on any atom is 0.191 e. The molecular weight excluding hydrogens is 347 g/mol. The zero-order valence-electron chi connectivity index (χ0n) is 16.6. The minimum absolute atomic E-state index is 0.197. The first kappa shape index (κ1) is 19.9. The fraction of sp³-hybridized carbons (Fsp3) is 0.650. The van der Waals surface area contributed by atoms with E-state index in [2.05, 4.69) is 34.4 Å². The Morgan fingerprint density at radius 3 is 2.81 bits per heavy atom. The molecule has 2 aliphatic heterocycles. The molecule has 3 rings (SSSR count). The fourth-order valence-electron chi connectivity index (χ4n) is 3.61. The lowest BCUT2D eigenvalue weighted by Gasteiger charge is -2.35. The topological polar surface area (TPSA) is 58.1 Å². The van der Waals surface area contributed by atoms with Crippen LogP contribution in [-0.4, -0.2) is 49.4 Å². The summed E-state index contributed by atoms with van der Waals surface area (Å²) in [5, 5.41) is 6.83. The summed E-state index contributed by atoms with van der Waals surface area (Å²) in [4.78, 5) is 7.18. The highest BCUT2D eigenvalue weighted by Crippen LogP contribution is 2.29. The summed E-state index contributed by atoms with van der Waals surface area (Å²) in [7, 11) is 0. The second kappa shape index (κ2) is 9.37. The molecule has 1 aromatic rings. The summed E-state index contributed by atoms with van der Waals surface area (Å²) in [6, 6.07) is 3.96. The van der Waals surface area contributed by atoms with Crippen LogP contribution in [0.2, 0.25) is 0 Å². The van der Waals surface area contributed by atoms with Crippen LogP contribution in [0.15, 0.2) is 17.1 Å². The predicted molar refractivity (Wildman–Crippen MR) is 104 cm³/mol. The lowest BCUT2D eigenvalue weighted by Crippen LogP contribution is -2.49. The maximum atomic E-state index is 13.9. The standard InChI is InChI=1S/C20H31FN4O2/c1-4-22-20(24-18-5-7-25(8-6-18)14(2)3)23-11-15-9-17(21)10-16-12-26-13-27-19(15)16/h9-10,14,18H,4-8,11-13H2,1-3H3,(H2,22,23,24). The molecule has 0 aromatic heterocycles. The van der Waals surface area contributed by atoms with Gasteiger partial charge in [-0.1, -0.05) is 0 Å². The number of aliphatic imine (C=N–C) groups is 1. The third-order valence-corrected chi connectivity index (χ3v) is 5.10. The summed E-state index contributed by atoms with van der Waals surface area (Å²) < 4.78 is 24.7. The average molecular weight is 378 g/mol. The summed E-state index contributed by atoms with van der Waals surface area (Å²) in [6.45, 7) is 10.4. The van der Waals surface area contributed by atoms with Crippen LogP contribution in [0.5, 0.6) is 5.75 Å². The molecule has 1 fully saturated rings. The van der Waals surface area contributed by atoms with Gasteiger partial charge in [-0.2, -0.15) is 0 Å². The van der Waals surface area contributed by atoms with Crippen molar-refractivity contribution >= 4 is 5.96 Å². The van der Waals surface area contributed by atoms with Crippen molar-refractivity contribution in [1.29, 1.82) is 0 Å². The van der Waals surface area contributed by atoms with Crippen molar-refractivity contribution in [2.24, 2.45) is 4.99 Å². The van der Waals surface area contributed by atoms with Gasteiger partial charge in [0.2, 0.25) is 0 Å². The normalized spacial score (nSPS) is 18.9. The van der Waals surface area contributed by atoms with Crippen LogP contribution < -0.4 is 15.4 Å². The predicted octanol–water partition coefficient (Wildman–Crippen LogP) is 2.62. The summed E-state index contributed by atoms with van der Waals surface area (Å²) >= 11 is 0. The Labute approximate surface area is 161 Å². The zero-order valence-corrected chi connectivity index (χ0v) is 16.6. The Morgan fingerprint density at radius 1 is 1.33 bits per heavy atom. The Bertz CT molecular complexity index is 658. The van der Waals surface area contributed by atoms with Crippen LogP contribution in [-0.2, 0) is 17.9 Å². The highest BCUT2D eigenvalue weighted by Gasteiger charge is 2.22. The van der Waals surface area contributed by atoms with Gasteiger partial charge in [0.05, 0.1) is 13.2 Å². The first-order valence-corrected chi connectivity index (χ1v) is 9.87. The van der Waals surface area contributed by atoms with Crippen molar-refractivity contribution in [3.8, 4) is 5.75 Å². The van der Waals surface area contributed by atoms with Crippen molar-refractivity contribution < 1.29 is 13.9 Å². The van der Waals surface area contributed by atoms with E-state index < -0.39 is 0 Å². The van der Waals surface area contributed by atoms with E-state index >= 15 is 0 Å². The first-order chi connectivity index (χ1) is 13.1. The number of halogens is 1. The molecule has 7 heteroatoms. The Morgan fingerprint density at radius 2 is 2.11 bits per heavy atom. The molecule has 1 aromatic carbocycles. The van der Waals surface area contributed by atoms with Gasteiger partial charge in [-0.25, -0.2) is 9.38 Å². The molecule has 6 nitrogen and oxygen atoms in total. The molecule has 2 heterocycles. The Kier molecular flexibility index (Phi) is 6.90.